The SMILES string of the molecule is Cc1nnc(Sc2ccc(CN)c(C(F)(F)F)c2)s1. The van der Waals surface area contributed by atoms with Gasteiger partial charge in [0, 0.05) is 11.4 Å². The Bertz CT molecular complexity index is 581. The van der Waals surface area contributed by atoms with Gasteiger partial charge in [-0.2, -0.15) is 13.2 Å². The first-order chi connectivity index (χ1) is 8.90. The quantitative estimate of drug-likeness (QED) is 0.943. The Balaban J connectivity index is 2.32. The Morgan fingerprint density at radius 1 is 1.32 bits per heavy atom. The van der Waals surface area contributed by atoms with Crippen LogP contribution in [0.2, 0.25) is 0 Å². The van der Waals surface area contributed by atoms with Crippen LogP contribution >= 0.6 is 23.1 Å². The molecule has 0 amide bonds. The number of alkyl halides is 3. The molecule has 8 heteroatoms. The highest BCUT2D eigenvalue weighted by atomic mass is 32.2. The van der Waals surface area contributed by atoms with Gasteiger partial charge in [-0.1, -0.05) is 29.2 Å². The zero-order valence-corrected chi connectivity index (χ0v) is 11.5. The number of hydrogen-bond acceptors (Lipinski definition) is 5. The van der Waals surface area contributed by atoms with E-state index < -0.39 is 11.7 Å². The van der Waals surface area contributed by atoms with Crippen molar-refractivity contribution in [1.29, 1.82) is 0 Å². The van der Waals surface area contributed by atoms with E-state index in [1.807, 2.05) is 0 Å². The predicted octanol–water partition coefficient (Wildman–Crippen LogP) is 3.48. The van der Waals surface area contributed by atoms with Gasteiger partial charge in [0.2, 0.25) is 0 Å². The summed E-state index contributed by atoms with van der Waals surface area (Å²) >= 11 is 2.50. The molecule has 2 N–H and O–H groups in total. The zero-order chi connectivity index (χ0) is 14.0. The number of benzene rings is 1. The van der Waals surface area contributed by atoms with Crippen LogP contribution in [0.15, 0.2) is 27.4 Å². The third-order valence-electron chi connectivity index (χ3n) is 2.32. The van der Waals surface area contributed by atoms with Crippen LogP contribution in [0.3, 0.4) is 0 Å². The van der Waals surface area contributed by atoms with Crippen LogP contribution in [0.4, 0.5) is 13.2 Å². The van der Waals surface area contributed by atoms with E-state index in [1.54, 1.807) is 13.0 Å². The molecular weight excluding hydrogens is 295 g/mol. The fourth-order valence-electron chi connectivity index (χ4n) is 1.48. The lowest BCUT2D eigenvalue weighted by Crippen LogP contribution is -2.11. The lowest BCUT2D eigenvalue weighted by Gasteiger charge is -2.12. The molecule has 0 saturated heterocycles. The smallest absolute Gasteiger partial charge is 0.326 e. The summed E-state index contributed by atoms with van der Waals surface area (Å²) in [6, 6.07) is 4.11. The van der Waals surface area contributed by atoms with Crippen molar-refractivity contribution in [3.05, 3.63) is 34.3 Å². The van der Waals surface area contributed by atoms with Gasteiger partial charge in [0.25, 0.3) is 0 Å². The maximum Gasteiger partial charge on any atom is 0.416 e. The van der Waals surface area contributed by atoms with Crippen LogP contribution in [0.5, 0.6) is 0 Å². The second-order valence-corrected chi connectivity index (χ2v) is 6.21. The zero-order valence-electron chi connectivity index (χ0n) is 9.86. The molecule has 0 bridgehead atoms. The molecule has 0 saturated carbocycles. The molecule has 0 aliphatic heterocycles. The maximum absolute atomic E-state index is 12.9. The van der Waals surface area contributed by atoms with Crippen molar-refractivity contribution >= 4 is 23.1 Å². The van der Waals surface area contributed by atoms with Gasteiger partial charge in [0.05, 0.1) is 5.56 Å². The third-order valence-corrected chi connectivity index (χ3v) is 4.20. The number of nitrogens with zero attached hydrogens (tertiary/aromatic N) is 2. The van der Waals surface area contributed by atoms with Gasteiger partial charge in [-0.25, -0.2) is 0 Å². The molecule has 2 rings (SSSR count). The molecule has 0 fully saturated rings. The summed E-state index contributed by atoms with van der Waals surface area (Å²) in [5, 5.41) is 8.47. The van der Waals surface area contributed by atoms with E-state index >= 15 is 0 Å². The summed E-state index contributed by atoms with van der Waals surface area (Å²) < 4.78 is 39.2. The highest BCUT2D eigenvalue weighted by molar-refractivity contribution is 8.01. The molecule has 0 aliphatic carbocycles. The van der Waals surface area contributed by atoms with Gasteiger partial charge in [0.1, 0.15) is 5.01 Å². The van der Waals surface area contributed by atoms with E-state index in [1.165, 1.54) is 17.4 Å². The Morgan fingerprint density at radius 3 is 2.58 bits per heavy atom. The molecule has 1 aromatic heterocycles. The number of hydrogen-bond donors (Lipinski definition) is 1. The first-order valence-corrected chi connectivity index (χ1v) is 6.91. The monoisotopic (exact) mass is 305 g/mol. The van der Waals surface area contributed by atoms with Gasteiger partial charge in [-0.05, 0) is 24.6 Å². The van der Waals surface area contributed by atoms with Crippen molar-refractivity contribution in [2.75, 3.05) is 0 Å². The molecule has 1 heterocycles. The minimum absolute atomic E-state index is 0.0882. The minimum atomic E-state index is -4.40. The summed E-state index contributed by atoms with van der Waals surface area (Å²) in [7, 11) is 0. The van der Waals surface area contributed by atoms with E-state index in [0.29, 0.717) is 9.24 Å². The molecule has 0 atom stereocenters. The van der Waals surface area contributed by atoms with Crippen LogP contribution in [-0.4, -0.2) is 10.2 Å². The van der Waals surface area contributed by atoms with Gasteiger partial charge in [-0.15, -0.1) is 10.2 Å². The molecule has 0 spiro atoms. The highest BCUT2D eigenvalue weighted by Gasteiger charge is 2.33. The minimum Gasteiger partial charge on any atom is -0.326 e. The Labute approximate surface area is 116 Å². The van der Waals surface area contributed by atoms with E-state index in [-0.39, 0.29) is 12.1 Å². The Morgan fingerprint density at radius 2 is 2.05 bits per heavy atom. The van der Waals surface area contributed by atoms with Crippen LogP contribution in [0.25, 0.3) is 0 Å². The normalized spacial score (nSPS) is 11.8. The lowest BCUT2D eigenvalue weighted by atomic mass is 10.1. The standard InChI is InChI=1S/C11H10F3N3S2/c1-6-16-17-10(18-6)19-8-3-2-7(5-15)9(4-8)11(12,13)14/h2-4H,5,15H2,1H3. The van der Waals surface area contributed by atoms with Crippen LogP contribution in [0, 0.1) is 6.92 Å². The molecule has 19 heavy (non-hydrogen) atoms. The molecule has 102 valence electrons. The van der Waals surface area contributed by atoms with E-state index in [0.717, 1.165) is 22.8 Å². The number of nitrogens with two attached hydrogens (primary N) is 1. The van der Waals surface area contributed by atoms with Gasteiger partial charge in [0.15, 0.2) is 4.34 Å². The lowest BCUT2D eigenvalue weighted by molar-refractivity contribution is -0.138. The average Bonchev–Trinajstić information content (AvgIpc) is 2.73. The first kappa shape index (κ1) is 14.3. The number of aryl methyl sites for hydroxylation is 1. The van der Waals surface area contributed by atoms with Crippen LogP contribution in [-0.2, 0) is 12.7 Å². The Kier molecular flexibility index (Phi) is 4.12. The summed E-state index contributed by atoms with van der Waals surface area (Å²) in [5.41, 5.74) is 4.72. The first-order valence-electron chi connectivity index (χ1n) is 5.28. The molecule has 3 nitrogen and oxygen atoms in total. The Hall–Kier alpha value is -1.12. The van der Waals surface area contributed by atoms with Crippen molar-refractivity contribution in [2.24, 2.45) is 5.73 Å². The number of rotatable bonds is 3. The average molecular weight is 305 g/mol. The van der Waals surface area contributed by atoms with E-state index in [9.17, 15) is 13.2 Å². The van der Waals surface area contributed by atoms with E-state index in [2.05, 4.69) is 10.2 Å². The highest BCUT2D eigenvalue weighted by Crippen LogP contribution is 2.37. The third kappa shape index (κ3) is 3.46. The van der Waals surface area contributed by atoms with Crippen LogP contribution in [0.1, 0.15) is 16.1 Å². The fourth-order valence-corrected chi connectivity index (χ4v) is 3.31. The predicted molar refractivity (Wildman–Crippen MR) is 68.1 cm³/mol. The molecule has 0 radical (unpaired) electrons. The molecule has 0 aliphatic rings. The number of aromatic nitrogens is 2. The second kappa shape index (κ2) is 5.48. The molecule has 1 aromatic carbocycles. The topological polar surface area (TPSA) is 51.8 Å². The van der Waals surface area contributed by atoms with Crippen molar-refractivity contribution < 1.29 is 13.2 Å². The molecule has 0 unspecified atom stereocenters. The van der Waals surface area contributed by atoms with Crippen molar-refractivity contribution in [3.8, 4) is 0 Å². The van der Waals surface area contributed by atoms with Crippen molar-refractivity contribution in [2.45, 2.75) is 28.9 Å². The molecular formula is C11H10F3N3S2. The van der Waals surface area contributed by atoms with Crippen LogP contribution < -0.4 is 5.73 Å². The maximum atomic E-state index is 12.9. The fraction of sp³-hybridized carbons (Fsp3) is 0.273. The van der Waals surface area contributed by atoms with Gasteiger partial charge >= 0.3 is 6.18 Å². The number of halogens is 3. The van der Waals surface area contributed by atoms with Gasteiger partial charge in [-0.3, -0.25) is 0 Å². The van der Waals surface area contributed by atoms with E-state index in [4.69, 9.17) is 5.73 Å². The largest absolute Gasteiger partial charge is 0.416 e. The summed E-state index contributed by atoms with van der Waals surface area (Å²) in [6.07, 6.45) is -4.40. The van der Waals surface area contributed by atoms with Gasteiger partial charge < -0.3 is 5.73 Å². The molecule has 2 aromatic rings. The second-order valence-electron chi connectivity index (χ2n) is 3.71. The summed E-state index contributed by atoms with van der Waals surface area (Å²) in [4.78, 5) is 0.473. The summed E-state index contributed by atoms with van der Waals surface area (Å²) in [5.74, 6) is 0. The summed E-state index contributed by atoms with van der Waals surface area (Å²) in [6.45, 7) is 1.65. The van der Waals surface area contributed by atoms with Crippen molar-refractivity contribution in [1.82, 2.24) is 10.2 Å². The van der Waals surface area contributed by atoms with Crippen molar-refractivity contribution in [3.63, 3.8) is 0 Å².